The van der Waals surface area contributed by atoms with Gasteiger partial charge in [0.05, 0.1) is 0 Å². The summed E-state index contributed by atoms with van der Waals surface area (Å²) in [6.45, 7) is 0. The Hall–Kier alpha value is 4.22. The van der Waals surface area contributed by atoms with Crippen molar-refractivity contribution in [1.29, 1.82) is 0 Å². The molecule has 0 atom stereocenters. The van der Waals surface area contributed by atoms with E-state index in [2.05, 4.69) is 0 Å². The van der Waals surface area contributed by atoms with Gasteiger partial charge in [-0.2, -0.15) is 0 Å². The molecule has 0 unspecified atom stereocenters. The van der Waals surface area contributed by atoms with E-state index < -0.39 is 14.6 Å². The van der Waals surface area contributed by atoms with Crippen LogP contribution < -0.4 is 138 Å². The zero-order valence-electron chi connectivity index (χ0n) is 8.34. The maximum absolute atomic E-state index is 9.24. The standard InChI is InChI=1S/4Na.H4O6P2.2H2O/c;;;;1-7(2,3)8(4,5)6;;/h;;;;(H2,1,2,3)(H2,4,5,6);2*1H2/q4*+1;;;/p-4. The van der Waals surface area contributed by atoms with E-state index in [0.717, 1.165) is 0 Å². The number of hydrogen-bond acceptors (Lipinski definition) is 6. The maximum Gasteiger partial charge on any atom is 1.00 e. The molecule has 8 nitrogen and oxygen atoms in total. The summed E-state index contributed by atoms with van der Waals surface area (Å²) >= 11 is 0. The monoisotopic (exact) mass is 286 g/mol. The first-order valence-electron chi connectivity index (χ1n) is 1.30. The fourth-order valence-electron chi connectivity index (χ4n) is 0. The van der Waals surface area contributed by atoms with Crippen LogP contribution in [0.5, 0.6) is 0 Å². The molecular weight excluding hydrogens is 282 g/mol. The third kappa shape index (κ3) is 21.5. The Balaban J connectivity index is -0.0000000163. The van der Waals surface area contributed by atoms with E-state index in [0.29, 0.717) is 0 Å². The summed E-state index contributed by atoms with van der Waals surface area (Å²) in [5.41, 5.74) is 0. The van der Waals surface area contributed by atoms with Crippen molar-refractivity contribution in [2.45, 2.75) is 0 Å². The van der Waals surface area contributed by atoms with Gasteiger partial charge in [-0.25, -0.2) is 0 Å². The predicted molar refractivity (Wildman–Crippen MR) is 22.4 cm³/mol. The van der Waals surface area contributed by atoms with Gasteiger partial charge in [0, 0.05) is 0 Å². The second kappa shape index (κ2) is 17.2. The van der Waals surface area contributed by atoms with E-state index in [9.17, 15) is 28.7 Å². The fraction of sp³-hybridized carbons (Fsp3) is 0. The molecule has 0 aromatic heterocycles. The van der Waals surface area contributed by atoms with Gasteiger partial charge in [0.2, 0.25) is 0 Å². The van der Waals surface area contributed by atoms with Gasteiger partial charge in [0.15, 0.2) is 0 Å². The molecule has 0 radical (unpaired) electrons. The Morgan fingerprint density at radius 1 is 0.571 bits per heavy atom. The maximum atomic E-state index is 9.24. The van der Waals surface area contributed by atoms with Crippen molar-refractivity contribution in [3.8, 4) is 0 Å². The first-order chi connectivity index (χ1) is 3.25. The van der Waals surface area contributed by atoms with E-state index in [1.807, 2.05) is 0 Å². The zero-order valence-corrected chi connectivity index (χ0v) is 18.1. The van der Waals surface area contributed by atoms with Gasteiger partial charge in [-0.05, 0) is 14.6 Å². The first-order valence-corrected chi connectivity index (χ1v) is 5.09. The van der Waals surface area contributed by atoms with Crippen molar-refractivity contribution < 1.29 is 158 Å². The van der Waals surface area contributed by atoms with E-state index >= 15 is 0 Å². The molecular formula is H4Na4O8P2. The molecule has 0 rings (SSSR count). The van der Waals surface area contributed by atoms with Crippen molar-refractivity contribution in [2.24, 2.45) is 0 Å². The SMILES string of the molecule is O.O.O=P([O-])([O-])P(=O)([O-])[O-].[Na+].[Na+].[Na+].[Na+]. The summed E-state index contributed by atoms with van der Waals surface area (Å²) in [6.07, 6.45) is 0. The quantitative estimate of drug-likeness (QED) is 0.339. The third-order valence-electron chi connectivity index (χ3n) is 0.300. The molecule has 0 aromatic carbocycles. The second-order valence-corrected chi connectivity index (χ2v) is 5.75. The molecule has 0 bridgehead atoms. The molecule has 0 aliphatic carbocycles. The predicted octanol–water partition coefficient (Wildman–Crippen LogP) is -16.9. The van der Waals surface area contributed by atoms with Crippen LogP contribution in [0.1, 0.15) is 0 Å². The Morgan fingerprint density at radius 3 is 0.643 bits per heavy atom. The fourth-order valence-corrected chi connectivity index (χ4v) is 0. The van der Waals surface area contributed by atoms with Crippen molar-refractivity contribution in [3.63, 3.8) is 0 Å². The number of hydrogen-bond donors (Lipinski definition) is 0. The molecule has 0 fully saturated rings. The second-order valence-electron chi connectivity index (χ2n) is 0.937. The largest absolute Gasteiger partial charge is 1.00 e. The van der Waals surface area contributed by atoms with Crippen LogP contribution in [0.2, 0.25) is 0 Å². The first kappa shape index (κ1) is 42.9. The van der Waals surface area contributed by atoms with Crippen molar-refractivity contribution in [3.05, 3.63) is 0 Å². The molecule has 0 aromatic rings. The summed E-state index contributed by atoms with van der Waals surface area (Å²) < 4.78 is 18.5. The Kier molecular flexibility index (Phi) is 52.8. The van der Waals surface area contributed by atoms with Gasteiger partial charge >= 0.3 is 118 Å². The van der Waals surface area contributed by atoms with Gasteiger partial charge in [0.25, 0.3) is 0 Å². The van der Waals surface area contributed by atoms with Crippen molar-refractivity contribution in [2.75, 3.05) is 0 Å². The number of rotatable bonds is 1. The summed E-state index contributed by atoms with van der Waals surface area (Å²) in [5, 5.41) is 0. The molecule has 14 heteroatoms. The zero-order chi connectivity index (χ0) is 7.00. The summed E-state index contributed by atoms with van der Waals surface area (Å²) in [7, 11) is -11.8. The average molecular weight is 286 g/mol. The molecule has 0 spiro atoms. The molecule has 0 saturated carbocycles. The molecule has 0 heterocycles. The molecule has 0 aliphatic heterocycles. The van der Waals surface area contributed by atoms with Crippen molar-refractivity contribution in [1.82, 2.24) is 0 Å². The molecule has 4 N–H and O–H groups in total. The summed E-state index contributed by atoms with van der Waals surface area (Å²) in [6, 6.07) is 0. The minimum Gasteiger partial charge on any atom is -0.807 e. The van der Waals surface area contributed by atoms with Crippen LogP contribution in [-0.2, 0) is 9.13 Å². The average Bonchev–Trinajstić information content (AvgIpc) is 1.25. The van der Waals surface area contributed by atoms with Crippen LogP contribution in [0.3, 0.4) is 0 Å². The van der Waals surface area contributed by atoms with Crippen LogP contribution in [0.25, 0.3) is 0 Å². The molecule has 0 amide bonds. The molecule has 0 aliphatic rings. The van der Waals surface area contributed by atoms with E-state index in [1.54, 1.807) is 0 Å². The van der Waals surface area contributed by atoms with Gasteiger partial charge in [0.1, 0.15) is 0 Å². The van der Waals surface area contributed by atoms with E-state index in [4.69, 9.17) is 0 Å². The van der Waals surface area contributed by atoms with Crippen LogP contribution in [-0.4, -0.2) is 11.0 Å². The Morgan fingerprint density at radius 2 is 0.643 bits per heavy atom. The van der Waals surface area contributed by atoms with Gasteiger partial charge < -0.3 is 39.7 Å². The van der Waals surface area contributed by atoms with E-state index in [-0.39, 0.29) is 129 Å². The van der Waals surface area contributed by atoms with Crippen LogP contribution in [0.4, 0.5) is 0 Å². The Bertz CT molecular complexity index is 148. The normalized spacial score (nSPS) is 8.00. The summed E-state index contributed by atoms with van der Waals surface area (Å²) in [5.74, 6) is 0. The van der Waals surface area contributed by atoms with Crippen LogP contribution in [0, 0.1) is 0 Å². The van der Waals surface area contributed by atoms with Gasteiger partial charge in [-0.3, -0.25) is 0 Å². The smallest absolute Gasteiger partial charge is 0.807 e. The van der Waals surface area contributed by atoms with Crippen LogP contribution >= 0.6 is 14.6 Å². The minimum atomic E-state index is -5.91. The van der Waals surface area contributed by atoms with Gasteiger partial charge in [-0.15, -0.1) is 0 Å². The van der Waals surface area contributed by atoms with Crippen LogP contribution in [0.15, 0.2) is 0 Å². The molecule has 66 valence electrons. The molecule has 0 saturated heterocycles. The minimum absolute atomic E-state index is 0. The summed E-state index contributed by atoms with van der Waals surface area (Å²) in [4.78, 5) is 36.9. The molecule has 14 heavy (non-hydrogen) atoms. The van der Waals surface area contributed by atoms with Gasteiger partial charge in [-0.1, -0.05) is 0 Å². The van der Waals surface area contributed by atoms with Crippen molar-refractivity contribution >= 4 is 14.6 Å². The van der Waals surface area contributed by atoms with E-state index in [1.165, 1.54) is 0 Å². The Labute approximate surface area is 169 Å². The topological polar surface area (TPSA) is 189 Å². The third-order valence-corrected chi connectivity index (χ3v) is 2.70.